The van der Waals surface area contributed by atoms with Crippen LogP contribution in [0, 0.1) is 0 Å². The molecule has 4 nitrogen and oxygen atoms in total. The Morgan fingerprint density at radius 1 is 1.38 bits per heavy atom. The van der Waals surface area contributed by atoms with E-state index in [4.69, 9.17) is 34.7 Å². The standard InChI is InChI=1S/C9H11Cl2N3O.HI/c10-5-1-2-6(7(11)3-5)8(15)4-14-9(12)13;/h1-3,8,15H,4H2,(H4,12,13,14);1H. The van der Waals surface area contributed by atoms with Crippen molar-refractivity contribution >= 4 is 53.1 Å². The molecule has 0 aliphatic carbocycles. The van der Waals surface area contributed by atoms with E-state index in [-0.39, 0.29) is 36.5 Å². The van der Waals surface area contributed by atoms with Gasteiger partial charge in [-0.1, -0.05) is 29.3 Å². The van der Waals surface area contributed by atoms with Crippen molar-refractivity contribution < 1.29 is 5.11 Å². The minimum Gasteiger partial charge on any atom is -0.386 e. The van der Waals surface area contributed by atoms with Gasteiger partial charge in [0.15, 0.2) is 5.96 Å². The lowest BCUT2D eigenvalue weighted by atomic mass is 10.1. The molecule has 1 rings (SSSR count). The maximum absolute atomic E-state index is 9.70. The molecule has 90 valence electrons. The third-order valence-electron chi connectivity index (χ3n) is 1.77. The number of guanidine groups is 1. The van der Waals surface area contributed by atoms with Gasteiger partial charge in [-0.3, -0.25) is 4.99 Å². The molecule has 0 bridgehead atoms. The molecule has 5 N–H and O–H groups in total. The maximum atomic E-state index is 9.70. The van der Waals surface area contributed by atoms with Crippen molar-refractivity contribution in [1.82, 2.24) is 0 Å². The Bertz CT molecular complexity index is 383. The largest absolute Gasteiger partial charge is 0.386 e. The second-order valence-electron chi connectivity index (χ2n) is 2.95. The first-order chi connectivity index (χ1) is 7.00. The summed E-state index contributed by atoms with van der Waals surface area (Å²) in [4.78, 5) is 3.70. The summed E-state index contributed by atoms with van der Waals surface area (Å²) in [6.45, 7) is 0.0731. The molecule has 0 saturated heterocycles. The van der Waals surface area contributed by atoms with E-state index in [2.05, 4.69) is 4.99 Å². The highest BCUT2D eigenvalue weighted by molar-refractivity contribution is 14.0. The van der Waals surface area contributed by atoms with Crippen molar-refractivity contribution in [2.45, 2.75) is 6.10 Å². The lowest BCUT2D eigenvalue weighted by Gasteiger charge is -2.10. The molecule has 0 saturated carbocycles. The Morgan fingerprint density at radius 2 is 2.00 bits per heavy atom. The molecular weight excluding hydrogens is 364 g/mol. The monoisotopic (exact) mass is 375 g/mol. The lowest BCUT2D eigenvalue weighted by Crippen LogP contribution is -2.23. The van der Waals surface area contributed by atoms with Gasteiger partial charge < -0.3 is 16.6 Å². The Balaban J connectivity index is 0.00000225. The minimum absolute atomic E-state index is 0. The summed E-state index contributed by atoms with van der Waals surface area (Å²) in [6.07, 6.45) is -0.836. The summed E-state index contributed by atoms with van der Waals surface area (Å²) in [5, 5.41) is 10.6. The average molecular weight is 376 g/mol. The average Bonchev–Trinajstić information content (AvgIpc) is 2.14. The van der Waals surface area contributed by atoms with Crippen LogP contribution in [0.25, 0.3) is 0 Å². The number of aliphatic hydroxyl groups is 1. The second kappa shape index (κ2) is 7.16. The van der Waals surface area contributed by atoms with Gasteiger partial charge in [-0.05, 0) is 12.1 Å². The molecule has 1 atom stereocenters. The molecule has 0 aliphatic heterocycles. The molecule has 7 heteroatoms. The Hall–Kier alpha value is -0.240. The van der Waals surface area contributed by atoms with Crippen LogP contribution in [-0.4, -0.2) is 17.6 Å². The number of nitrogens with zero attached hydrogens (tertiary/aromatic N) is 1. The number of hydrogen-bond donors (Lipinski definition) is 3. The van der Waals surface area contributed by atoms with Gasteiger partial charge in [-0.25, -0.2) is 0 Å². The van der Waals surface area contributed by atoms with E-state index >= 15 is 0 Å². The summed E-state index contributed by atoms with van der Waals surface area (Å²) in [7, 11) is 0. The van der Waals surface area contributed by atoms with Gasteiger partial charge in [0.25, 0.3) is 0 Å². The normalized spacial score (nSPS) is 11.4. The zero-order valence-electron chi connectivity index (χ0n) is 8.23. The third kappa shape index (κ3) is 4.73. The fourth-order valence-corrected chi connectivity index (χ4v) is 1.60. The summed E-state index contributed by atoms with van der Waals surface area (Å²) in [6, 6.07) is 4.83. The molecule has 1 unspecified atom stereocenters. The first kappa shape index (κ1) is 15.8. The van der Waals surface area contributed by atoms with Gasteiger partial charge in [0, 0.05) is 15.6 Å². The molecular formula is C9H12Cl2IN3O. The van der Waals surface area contributed by atoms with Crippen LogP contribution >= 0.6 is 47.2 Å². The number of aliphatic hydroxyl groups excluding tert-OH is 1. The molecule has 1 aromatic carbocycles. The Kier molecular flexibility index (Phi) is 7.05. The summed E-state index contributed by atoms with van der Waals surface area (Å²) in [5.41, 5.74) is 10.8. The zero-order valence-corrected chi connectivity index (χ0v) is 12.1. The van der Waals surface area contributed by atoms with Gasteiger partial charge in [0.2, 0.25) is 0 Å². The van der Waals surface area contributed by atoms with Gasteiger partial charge in [0.1, 0.15) is 6.10 Å². The van der Waals surface area contributed by atoms with Crippen LogP contribution < -0.4 is 11.5 Å². The van der Waals surface area contributed by atoms with E-state index in [9.17, 15) is 5.11 Å². The summed E-state index contributed by atoms with van der Waals surface area (Å²) >= 11 is 11.6. The molecule has 0 heterocycles. The van der Waals surface area contributed by atoms with Gasteiger partial charge in [-0.2, -0.15) is 0 Å². The molecule has 0 spiro atoms. The quantitative estimate of drug-likeness (QED) is 0.428. The van der Waals surface area contributed by atoms with Crippen LogP contribution in [-0.2, 0) is 0 Å². The van der Waals surface area contributed by atoms with E-state index in [1.165, 1.54) is 0 Å². The highest BCUT2D eigenvalue weighted by Gasteiger charge is 2.11. The number of rotatable bonds is 3. The van der Waals surface area contributed by atoms with Crippen molar-refractivity contribution in [2.75, 3.05) is 6.54 Å². The van der Waals surface area contributed by atoms with Gasteiger partial charge in [-0.15, -0.1) is 24.0 Å². The van der Waals surface area contributed by atoms with E-state index in [0.717, 1.165) is 0 Å². The lowest BCUT2D eigenvalue weighted by molar-refractivity contribution is 0.187. The molecule has 1 aromatic rings. The molecule has 16 heavy (non-hydrogen) atoms. The first-order valence-electron chi connectivity index (χ1n) is 4.19. The number of aliphatic imine (C=N–C) groups is 1. The van der Waals surface area contributed by atoms with Crippen LogP contribution in [0.4, 0.5) is 0 Å². The van der Waals surface area contributed by atoms with Crippen LogP contribution in [0.3, 0.4) is 0 Å². The van der Waals surface area contributed by atoms with E-state index in [1.807, 2.05) is 0 Å². The number of nitrogens with two attached hydrogens (primary N) is 2. The Labute approximate surface area is 121 Å². The highest BCUT2D eigenvalue weighted by Crippen LogP contribution is 2.26. The van der Waals surface area contributed by atoms with Gasteiger partial charge >= 0.3 is 0 Å². The first-order valence-corrected chi connectivity index (χ1v) is 4.94. The second-order valence-corrected chi connectivity index (χ2v) is 3.79. The van der Waals surface area contributed by atoms with Crippen molar-refractivity contribution in [1.29, 1.82) is 0 Å². The zero-order chi connectivity index (χ0) is 11.4. The van der Waals surface area contributed by atoms with Crippen molar-refractivity contribution in [3.63, 3.8) is 0 Å². The predicted molar refractivity (Wildman–Crippen MR) is 77.5 cm³/mol. The van der Waals surface area contributed by atoms with Crippen LogP contribution in [0.5, 0.6) is 0 Å². The van der Waals surface area contributed by atoms with Crippen LogP contribution in [0.1, 0.15) is 11.7 Å². The van der Waals surface area contributed by atoms with E-state index in [0.29, 0.717) is 15.6 Å². The van der Waals surface area contributed by atoms with E-state index in [1.54, 1.807) is 18.2 Å². The van der Waals surface area contributed by atoms with Crippen molar-refractivity contribution in [3.05, 3.63) is 33.8 Å². The molecule has 0 amide bonds. The van der Waals surface area contributed by atoms with Crippen molar-refractivity contribution in [2.24, 2.45) is 16.5 Å². The fourth-order valence-electron chi connectivity index (χ4n) is 1.06. The van der Waals surface area contributed by atoms with Crippen LogP contribution in [0.15, 0.2) is 23.2 Å². The predicted octanol–water partition coefficient (Wildman–Crippen LogP) is 1.92. The smallest absolute Gasteiger partial charge is 0.186 e. The summed E-state index contributed by atoms with van der Waals surface area (Å²) < 4.78 is 0. The number of hydrogen-bond acceptors (Lipinski definition) is 2. The fraction of sp³-hybridized carbons (Fsp3) is 0.222. The summed E-state index contributed by atoms with van der Waals surface area (Å²) in [5.74, 6) is -0.0702. The van der Waals surface area contributed by atoms with Crippen molar-refractivity contribution in [3.8, 4) is 0 Å². The highest BCUT2D eigenvalue weighted by atomic mass is 127. The SMILES string of the molecule is I.NC(N)=NCC(O)c1ccc(Cl)cc1Cl. The molecule has 0 radical (unpaired) electrons. The number of halogens is 3. The van der Waals surface area contributed by atoms with Gasteiger partial charge in [0.05, 0.1) is 6.54 Å². The molecule has 0 aromatic heterocycles. The molecule has 0 aliphatic rings. The topological polar surface area (TPSA) is 84.6 Å². The van der Waals surface area contributed by atoms with Crippen LogP contribution in [0.2, 0.25) is 10.0 Å². The Morgan fingerprint density at radius 3 is 2.50 bits per heavy atom. The number of benzene rings is 1. The minimum atomic E-state index is -0.836. The van der Waals surface area contributed by atoms with E-state index < -0.39 is 6.10 Å². The molecule has 0 fully saturated rings. The third-order valence-corrected chi connectivity index (χ3v) is 2.33. The maximum Gasteiger partial charge on any atom is 0.186 e.